The zero-order valence-electron chi connectivity index (χ0n) is 15.2. The van der Waals surface area contributed by atoms with E-state index in [4.69, 9.17) is 0 Å². The Hall–Kier alpha value is -1.56. The number of aliphatic imine (C=N–C) groups is 1. The highest BCUT2D eigenvalue weighted by Gasteiger charge is 2.31. The number of nitrogens with zero attached hydrogens (tertiary/aromatic N) is 2. The molecule has 1 heterocycles. The van der Waals surface area contributed by atoms with Crippen LogP contribution in [-0.4, -0.2) is 30.9 Å². The Morgan fingerprint density at radius 1 is 1.22 bits per heavy atom. The number of aryl methyl sites for hydroxylation is 2. The number of thiazole rings is 1. The molecule has 2 N–H and O–H groups in total. The first-order valence-electron chi connectivity index (χ1n) is 7.99. The van der Waals surface area contributed by atoms with Gasteiger partial charge in [0.15, 0.2) is 5.96 Å². The smallest absolute Gasteiger partial charge is 0.405 e. The van der Waals surface area contributed by atoms with Crippen LogP contribution < -0.4 is 15.4 Å². The van der Waals surface area contributed by atoms with Crippen LogP contribution in [0.5, 0.6) is 5.75 Å². The summed E-state index contributed by atoms with van der Waals surface area (Å²) in [5, 5.41) is 7.15. The molecular formula is C17H22F3IN4OS. The maximum absolute atomic E-state index is 12.5. The van der Waals surface area contributed by atoms with Gasteiger partial charge in [0.25, 0.3) is 0 Å². The Labute approximate surface area is 177 Å². The minimum Gasteiger partial charge on any atom is -0.405 e. The van der Waals surface area contributed by atoms with Crippen LogP contribution in [0.1, 0.15) is 21.1 Å². The zero-order valence-corrected chi connectivity index (χ0v) is 18.3. The first kappa shape index (κ1) is 23.5. The summed E-state index contributed by atoms with van der Waals surface area (Å²) in [7, 11) is 1.60. The molecule has 0 aliphatic heterocycles. The number of ether oxygens (including phenoxy) is 1. The van der Waals surface area contributed by atoms with E-state index in [0.29, 0.717) is 18.1 Å². The van der Waals surface area contributed by atoms with Crippen LogP contribution in [0.25, 0.3) is 0 Å². The van der Waals surface area contributed by atoms with E-state index in [2.05, 4.69) is 25.3 Å². The van der Waals surface area contributed by atoms with Crippen molar-refractivity contribution in [1.82, 2.24) is 15.6 Å². The maximum atomic E-state index is 12.5. The van der Waals surface area contributed by atoms with Crippen LogP contribution in [-0.2, 0) is 13.0 Å². The minimum atomic E-state index is -4.72. The topological polar surface area (TPSA) is 58.5 Å². The number of aromatic nitrogens is 1. The van der Waals surface area contributed by atoms with Crippen molar-refractivity contribution in [1.29, 1.82) is 0 Å². The molecule has 0 radical (unpaired) electrons. The van der Waals surface area contributed by atoms with Crippen molar-refractivity contribution in [3.05, 3.63) is 45.4 Å². The number of hydrogen-bond acceptors (Lipinski definition) is 4. The molecule has 0 spiro atoms. The number of nitrogens with one attached hydrogen (secondary N) is 2. The summed E-state index contributed by atoms with van der Waals surface area (Å²) in [6, 6.07) is 6.01. The van der Waals surface area contributed by atoms with Crippen LogP contribution in [0.2, 0.25) is 0 Å². The molecule has 10 heteroatoms. The number of guanidine groups is 1. The maximum Gasteiger partial charge on any atom is 0.573 e. The van der Waals surface area contributed by atoms with E-state index in [-0.39, 0.29) is 36.3 Å². The van der Waals surface area contributed by atoms with Crippen LogP contribution >= 0.6 is 35.3 Å². The molecule has 0 saturated carbocycles. The third kappa shape index (κ3) is 7.91. The van der Waals surface area contributed by atoms with Crippen molar-refractivity contribution >= 4 is 41.3 Å². The zero-order chi connectivity index (χ0) is 19.2. The highest BCUT2D eigenvalue weighted by molar-refractivity contribution is 14.0. The normalized spacial score (nSPS) is 11.7. The van der Waals surface area contributed by atoms with Gasteiger partial charge < -0.3 is 15.4 Å². The second-order valence-electron chi connectivity index (χ2n) is 5.51. The predicted octanol–water partition coefficient (Wildman–Crippen LogP) is 4.18. The average Bonchev–Trinajstić information content (AvgIpc) is 2.88. The van der Waals surface area contributed by atoms with Crippen molar-refractivity contribution in [2.75, 3.05) is 13.6 Å². The molecule has 0 aliphatic carbocycles. The van der Waals surface area contributed by atoms with Crippen molar-refractivity contribution in [2.24, 2.45) is 4.99 Å². The Bertz CT molecular complexity index is 745. The molecule has 0 unspecified atom stereocenters. The molecular weight excluding hydrogens is 492 g/mol. The molecule has 2 aromatic rings. The predicted molar refractivity (Wildman–Crippen MR) is 112 cm³/mol. The highest BCUT2D eigenvalue weighted by Crippen LogP contribution is 2.26. The molecule has 0 atom stereocenters. The quantitative estimate of drug-likeness (QED) is 0.345. The Balaban J connectivity index is 0.00000364. The summed E-state index contributed by atoms with van der Waals surface area (Å²) in [5.41, 5.74) is 1.42. The molecule has 5 nitrogen and oxygen atoms in total. The fourth-order valence-electron chi connectivity index (χ4n) is 2.21. The first-order chi connectivity index (χ1) is 12.3. The van der Waals surface area contributed by atoms with Gasteiger partial charge in [-0.25, -0.2) is 4.98 Å². The fourth-order valence-corrected chi connectivity index (χ4v) is 3.14. The van der Waals surface area contributed by atoms with Gasteiger partial charge in [-0.2, -0.15) is 0 Å². The highest BCUT2D eigenvalue weighted by atomic mass is 127. The molecule has 2 rings (SSSR count). The summed E-state index contributed by atoms with van der Waals surface area (Å²) in [5.74, 6) is 0.272. The average molecular weight is 514 g/mol. The van der Waals surface area contributed by atoms with E-state index in [1.54, 1.807) is 30.5 Å². The van der Waals surface area contributed by atoms with E-state index < -0.39 is 6.36 Å². The second-order valence-corrected chi connectivity index (χ2v) is 6.80. The molecule has 27 heavy (non-hydrogen) atoms. The van der Waals surface area contributed by atoms with Crippen molar-refractivity contribution in [3.63, 3.8) is 0 Å². The standard InChI is InChI=1S/C17H21F3N4OS.HI/c1-11-12(2)26-15(24-11)8-9-22-16(21-3)23-10-13-6-4-5-7-14(13)25-17(18,19)20;/h4-7H,8-10H2,1-3H3,(H2,21,22,23);1H. The molecule has 0 bridgehead atoms. The molecule has 0 aliphatic rings. The van der Waals surface area contributed by atoms with E-state index >= 15 is 0 Å². The third-order valence-corrected chi connectivity index (χ3v) is 4.70. The van der Waals surface area contributed by atoms with Gasteiger partial charge in [-0.1, -0.05) is 18.2 Å². The summed E-state index contributed by atoms with van der Waals surface area (Å²) < 4.78 is 41.4. The van der Waals surface area contributed by atoms with Gasteiger partial charge in [0.2, 0.25) is 0 Å². The van der Waals surface area contributed by atoms with Crippen molar-refractivity contribution in [3.8, 4) is 5.75 Å². The summed E-state index contributed by atoms with van der Waals surface area (Å²) in [6.45, 7) is 4.78. The Kier molecular flexibility index (Phi) is 9.30. The first-order valence-corrected chi connectivity index (χ1v) is 8.81. The lowest BCUT2D eigenvalue weighted by Crippen LogP contribution is -2.38. The summed E-state index contributed by atoms with van der Waals surface area (Å²) >= 11 is 1.66. The van der Waals surface area contributed by atoms with E-state index in [9.17, 15) is 13.2 Å². The molecule has 0 amide bonds. The van der Waals surface area contributed by atoms with Gasteiger partial charge in [-0.05, 0) is 19.9 Å². The summed E-state index contributed by atoms with van der Waals surface area (Å²) in [4.78, 5) is 9.74. The van der Waals surface area contributed by atoms with Crippen molar-refractivity contribution in [2.45, 2.75) is 33.2 Å². The lowest BCUT2D eigenvalue weighted by Gasteiger charge is -2.15. The van der Waals surface area contributed by atoms with Gasteiger partial charge >= 0.3 is 6.36 Å². The molecule has 1 aromatic heterocycles. The van der Waals surface area contributed by atoms with Crippen molar-refractivity contribution < 1.29 is 17.9 Å². The number of rotatable bonds is 6. The molecule has 1 aromatic carbocycles. The van der Waals surface area contributed by atoms with Gasteiger partial charge in [0.1, 0.15) is 5.75 Å². The SMILES string of the molecule is CN=C(NCCc1nc(C)c(C)s1)NCc1ccccc1OC(F)(F)F.I. The van der Waals surface area contributed by atoms with Crippen LogP contribution in [0, 0.1) is 13.8 Å². The van der Waals surface area contributed by atoms with E-state index in [1.165, 1.54) is 17.0 Å². The Morgan fingerprint density at radius 2 is 1.93 bits per heavy atom. The molecule has 150 valence electrons. The molecule has 0 saturated heterocycles. The summed E-state index contributed by atoms with van der Waals surface area (Å²) in [6.07, 6.45) is -3.98. The van der Waals surface area contributed by atoms with Crippen LogP contribution in [0.3, 0.4) is 0 Å². The number of benzene rings is 1. The number of alkyl halides is 3. The lowest BCUT2D eigenvalue weighted by molar-refractivity contribution is -0.274. The third-order valence-electron chi connectivity index (χ3n) is 3.57. The largest absolute Gasteiger partial charge is 0.573 e. The van der Waals surface area contributed by atoms with E-state index in [0.717, 1.165) is 17.1 Å². The second kappa shape index (κ2) is 10.7. The minimum absolute atomic E-state index is 0. The number of hydrogen-bond donors (Lipinski definition) is 2. The van der Waals surface area contributed by atoms with Gasteiger partial charge in [0.05, 0.1) is 10.7 Å². The van der Waals surface area contributed by atoms with Crippen LogP contribution in [0.4, 0.5) is 13.2 Å². The Morgan fingerprint density at radius 3 is 2.52 bits per heavy atom. The molecule has 0 fully saturated rings. The van der Waals surface area contributed by atoms with E-state index in [1.807, 2.05) is 13.8 Å². The fraction of sp³-hybridized carbons (Fsp3) is 0.412. The monoisotopic (exact) mass is 514 g/mol. The number of para-hydroxylation sites is 1. The van der Waals surface area contributed by atoms with Gasteiger partial charge in [-0.3, -0.25) is 4.99 Å². The van der Waals surface area contributed by atoms with Crippen LogP contribution in [0.15, 0.2) is 29.3 Å². The van der Waals surface area contributed by atoms with Gasteiger partial charge in [-0.15, -0.1) is 48.5 Å². The number of halogens is 4. The lowest BCUT2D eigenvalue weighted by atomic mass is 10.2. The van der Waals surface area contributed by atoms with Gasteiger partial charge in [0, 0.05) is 37.0 Å².